The first-order valence-corrected chi connectivity index (χ1v) is 12.1. The summed E-state index contributed by atoms with van der Waals surface area (Å²) in [6, 6.07) is 12.4. The first-order valence-electron chi connectivity index (χ1n) is 9.76. The third-order valence-corrected chi connectivity index (χ3v) is 7.81. The maximum Gasteiger partial charge on any atom is 0.270 e. The van der Waals surface area contributed by atoms with Gasteiger partial charge in [-0.1, -0.05) is 35.1 Å². The summed E-state index contributed by atoms with van der Waals surface area (Å²) in [6.45, 7) is 1.93. The van der Waals surface area contributed by atoms with Crippen molar-refractivity contribution in [3.05, 3.63) is 64.7 Å². The van der Waals surface area contributed by atoms with E-state index < -0.39 is 10.0 Å². The van der Waals surface area contributed by atoms with Gasteiger partial charge in [0.1, 0.15) is 5.75 Å². The Bertz CT molecular complexity index is 1210. The Morgan fingerprint density at radius 1 is 1.16 bits per heavy atom. The topological polar surface area (TPSA) is 110 Å². The van der Waals surface area contributed by atoms with Crippen molar-refractivity contribution in [1.82, 2.24) is 14.9 Å². The van der Waals surface area contributed by atoms with Gasteiger partial charge in [-0.05, 0) is 61.6 Å². The molecule has 0 radical (unpaired) electrons. The Balaban J connectivity index is 1.49. The molecule has 31 heavy (non-hydrogen) atoms. The van der Waals surface area contributed by atoms with Crippen molar-refractivity contribution in [3.8, 4) is 5.75 Å². The molecule has 3 aromatic rings. The minimum absolute atomic E-state index is 0.125. The number of hydrogen-bond donors (Lipinski definition) is 2. The molecule has 1 heterocycles. The van der Waals surface area contributed by atoms with Crippen LogP contribution in [0.4, 0.5) is 5.13 Å². The van der Waals surface area contributed by atoms with Gasteiger partial charge in [0.25, 0.3) is 15.9 Å². The largest absolute Gasteiger partial charge is 0.497 e. The molecule has 162 valence electrons. The van der Waals surface area contributed by atoms with E-state index in [1.165, 1.54) is 0 Å². The van der Waals surface area contributed by atoms with Gasteiger partial charge in [-0.3, -0.25) is 10.1 Å². The molecule has 1 aliphatic carbocycles. The highest BCUT2D eigenvalue weighted by atomic mass is 32.2. The standard InChI is InChI=1S/C21H22N4O4S2/c1-13-6-8-14(9-7-13)19(26)22-20-23-24-21(30-20)31(27,28)25-18-5-3-4-15-12-16(29-2)10-11-17(15)18/h6-12,18,25H,3-5H2,1-2H3,(H,22,23,26)/t18-/m1/s1. The van der Waals surface area contributed by atoms with Crippen LogP contribution in [-0.2, 0) is 16.4 Å². The van der Waals surface area contributed by atoms with Crippen molar-refractivity contribution >= 4 is 32.4 Å². The van der Waals surface area contributed by atoms with Crippen LogP contribution in [0.2, 0.25) is 0 Å². The van der Waals surface area contributed by atoms with E-state index >= 15 is 0 Å². The third-order valence-electron chi connectivity index (χ3n) is 5.13. The molecule has 0 saturated heterocycles. The van der Waals surface area contributed by atoms with Gasteiger partial charge in [0.2, 0.25) is 9.47 Å². The molecule has 0 bridgehead atoms. The van der Waals surface area contributed by atoms with Crippen LogP contribution in [0.25, 0.3) is 0 Å². The van der Waals surface area contributed by atoms with Crippen LogP contribution in [0.3, 0.4) is 0 Å². The van der Waals surface area contributed by atoms with E-state index in [0.29, 0.717) is 12.0 Å². The number of amides is 1. The lowest BCUT2D eigenvalue weighted by Gasteiger charge is -2.26. The molecule has 2 aromatic carbocycles. The van der Waals surface area contributed by atoms with Crippen molar-refractivity contribution in [2.45, 2.75) is 36.6 Å². The molecule has 0 unspecified atom stereocenters. The van der Waals surface area contributed by atoms with Gasteiger partial charge in [-0.2, -0.15) is 0 Å². The van der Waals surface area contributed by atoms with E-state index in [1.54, 1.807) is 19.2 Å². The number of aryl methyl sites for hydroxylation is 2. The van der Waals surface area contributed by atoms with Crippen LogP contribution in [-0.4, -0.2) is 31.6 Å². The van der Waals surface area contributed by atoms with Crippen molar-refractivity contribution in [1.29, 1.82) is 0 Å². The van der Waals surface area contributed by atoms with Crippen LogP contribution in [0.15, 0.2) is 46.8 Å². The first kappa shape index (κ1) is 21.4. The number of carbonyl (C=O) groups excluding carboxylic acids is 1. The van der Waals surface area contributed by atoms with E-state index in [2.05, 4.69) is 20.2 Å². The van der Waals surface area contributed by atoms with Crippen LogP contribution in [0, 0.1) is 6.92 Å². The van der Waals surface area contributed by atoms with Gasteiger partial charge in [0.15, 0.2) is 0 Å². The van der Waals surface area contributed by atoms with E-state index in [9.17, 15) is 13.2 Å². The Hall–Kier alpha value is -2.82. The van der Waals surface area contributed by atoms with Crippen molar-refractivity contribution in [2.75, 3.05) is 12.4 Å². The number of sulfonamides is 1. The number of carbonyl (C=O) groups is 1. The lowest BCUT2D eigenvalue weighted by Crippen LogP contribution is -2.31. The summed E-state index contributed by atoms with van der Waals surface area (Å²) in [6.07, 6.45) is 2.43. The maximum absolute atomic E-state index is 12.9. The van der Waals surface area contributed by atoms with Gasteiger partial charge in [-0.15, -0.1) is 10.2 Å². The lowest BCUT2D eigenvalue weighted by molar-refractivity contribution is 0.102. The maximum atomic E-state index is 12.9. The Labute approximate surface area is 184 Å². The fourth-order valence-electron chi connectivity index (χ4n) is 3.52. The molecule has 0 fully saturated rings. The zero-order chi connectivity index (χ0) is 22.0. The van der Waals surface area contributed by atoms with Gasteiger partial charge in [0.05, 0.1) is 7.11 Å². The summed E-state index contributed by atoms with van der Waals surface area (Å²) < 4.78 is 33.6. The number of aromatic nitrogens is 2. The monoisotopic (exact) mass is 458 g/mol. The summed E-state index contributed by atoms with van der Waals surface area (Å²) in [5.74, 6) is 0.378. The highest BCUT2D eigenvalue weighted by molar-refractivity contribution is 7.91. The van der Waals surface area contributed by atoms with E-state index in [1.807, 2.05) is 37.3 Å². The van der Waals surface area contributed by atoms with Crippen molar-refractivity contribution in [2.24, 2.45) is 0 Å². The molecule has 1 atom stereocenters. The lowest BCUT2D eigenvalue weighted by atomic mass is 9.88. The molecular formula is C21H22N4O4S2. The number of fused-ring (bicyclic) bond motifs is 1. The van der Waals surface area contributed by atoms with Crippen molar-refractivity contribution in [3.63, 3.8) is 0 Å². The molecule has 0 spiro atoms. The van der Waals surface area contributed by atoms with Crippen molar-refractivity contribution < 1.29 is 17.9 Å². The third kappa shape index (κ3) is 4.76. The van der Waals surface area contributed by atoms with Gasteiger partial charge in [0, 0.05) is 11.6 Å². The highest BCUT2D eigenvalue weighted by Gasteiger charge is 2.28. The molecule has 1 aromatic heterocycles. The number of methoxy groups -OCH3 is 1. The summed E-state index contributed by atoms with van der Waals surface area (Å²) >= 11 is 0.817. The van der Waals surface area contributed by atoms with Gasteiger partial charge < -0.3 is 4.74 Å². The second-order valence-corrected chi connectivity index (χ2v) is 10.2. The average molecular weight is 459 g/mol. The second-order valence-electron chi connectivity index (χ2n) is 7.32. The summed E-state index contributed by atoms with van der Waals surface area (Å²) in [5, 5.41) is 10.3. The van der Waals surface area contributed by atoms with Crippen LogP contribution >= 0.6 is 11.3 Å². The number of anilines is 1. The van der Waals surface area contributed by atoms with Crippen LogP contribution < -0.4 is 14.8 Å². The highest BCUT2D eigenvalue weighted by Crippen LogP contribution is 2.33. The molecular weight excluding hydrogens is 436 g/mol. The smallest absolute Gasteiger partial charge is 0.270 e. The summed E-state index contributed by atoms with van der Waals surface area (Å²) in [5.41, 5.74) is 3.50. The molecule has 8 nitrogen and oxygen atoms in total. The molecule has 2 N–H and O–H groups in total. The summed E-state index contributed by atoms with van der Waals surface area (Å²) in [4.78, 5) is 12.3. The minimum Gasteiger partial charge on any atom is -0.497 e. The Kier molecular flexibility index (Phi) is 6.03. The quantitative estimate of drug-likeness (QED) is 0.548. The van der Waals surface area contributed by atoms with Crippen LogP contribution in [0.5, 0.6) is 5.75 Å². The predicted octanol–water partition coefficient (Wildman–Crippen LogP) is 3.46. The molecule has 10 heteroatoms. The Morgan fingerprint density at radius 2 is 1.94 bits per heavy atom. The molecule has 0 aliphatic heterocycles. The van der Waals surface area contributed by atoms with Crippen LogP contribution in [0.1, 0.15) is 45.9 Å². The number of rotatable bonds is 6. The number of nitrogens with one attached hydrogen (secondary N) is 2. The number of hydrogen-bond acceptors (Lipinski definition) is 7. The normalized spacial score (nSPS) is 15.9. The zero-order valence-corrected chi connectivity index (χ0v) is 18.7. The number of benzene rings is 2. The molecule has 1 amide bonds. The molecule has 4 rings (SSSR count). The number of ether oxygens (including phenoxy) is 1. The molecule has 0 saturated carbocycles. The SMILES string of the molecule is COc1ccc2c(c1)CCC[C@H]2NS(=O)(=O)c1nnc(NC(=O)c2ccc(C)cc2)s1. The second kappa shape index (κ2) is 8.74. The number of nitrogens with zero attached hydrogens (tertiary/aromatic N) is 2. The van der Waals surface area contributed by atoms with E-state index in [0.717, 1.165) is 46.6 Å². The summed E-state index contributed by atoms with van der Waals surface area (Å²) in [7, 11) is -2.28. The van der Waals surface area contributed by atoms with E-state index in [-0.39, 0.29) is 21.4 Å². The minimum atomic E-state index is -3.89. The fourth-order valence-corrected chi connectivity index (χ4v) is 5.68. The van der Waals surface area contributed by atoms with Gasteiger partial charge in [-0.25, -0.2) is 13.1 Å². The predicted molar refractivity (Wildman–Crippen MR) is 118 cm³/mol. The van der Waals surface area contributed by atoms with E-state index in [4.69, 9.17) is 4.74 Å². The Morgan fingerprint density at radius 3 is 2.68 bits per heavy atom. The molecule has 1 aliphatic rings. The first-order chi connectivity index (χ1) is 14.9. The zero-order valence-electron chi connectivity index (χ0n) is 17.1. The fraction of sp³-hybridized carbons (Fsp3) is 0.286. The average Bonchev–Trinajstić information content (AvgIpc) is 3.23. The van der Waals surface area contributed by atoms with Gasteiger partial charge >= 0.3 is 0 Å².